The molecule has 0 amide bonds. The average molecular weight is 621 g/mol. The normalized spacial score (nSPS) is 17.6. The van der Waals surface area contributed by atoms with Gasteiger partial charge in [-0.2, -0.15) is 18.3 Å². The molecule has 1 aliphatic carbocycles. The monoisotopic (exact) mass is 620 g/mol. The van der Waals surface area contributed by atoms with E-state index in [0.717, 1.165) is 16.8 Å². The van der Waals surface area contributed by atoms with Gasteiger partial charge in [-0.05, 0) is 62.6 Å². The number of alkyl halides is 5. The number of carboxylic acids is 1. The molecule has 2 aromatic heterocycles. The van der Waals surface area contributed by atoms with E-state index in [0.29, 0.717) is 18.5 Å². The third-order valence-electron chi connectivity index (χ3n) is 7.23. The van der Waals surface area contributed by atoms with Crippen LogP contribution in [-0.2, 0) is 12.6 Å². The first-order valence-corrected chi connectivity index (χ1v) is 13.3. The molecular formula is C29H22F6N4O5. The molecular weight excluding hydrogens is 598 g/mol. The van der Waals surface area contributed by atoms with Crippen LogP contribution >= 0.6 is 0 Å². The number of hydrogen-bond acceptors (Lipinski definition) is 7. The Balaban J connectivity index is 1.32. The summed E-state index contributed by atoms with van der Waals surface area (Å²) < 4.78 is 99.5. The molecule has 2 N–H and O–H groups in total. The van der Waals surface area contributed by atoms with E-state index >= 15 is 0 Å². The zero-order valence-corrected chi connectivity index (χ0v) is 22.7. The standard InChI is InChI=1S/C29H22F6N4O5/c1-14(19-12-22-23(13-20(19)30)44-29(34,35)43-22)42-24-11-17(9-10-36-24)39-25-18(26(38-39)28(31,32)33)3-2-4-21(25)37-16-7-5-15(6-8-16)27(40)41/h5-14,21,37H,2-4H2,1H3,(H,40,41)/t14-,21-/m0/s1. The number of aromatic carboxylic acids is 1. The molecule has 44 heavy (non-hydrogen) atoms. The molecule has 0 saturated heterocycles. The zero-order valence-electron chi connectivity index (χ0n) is 22.7. The van der Waals surface area contributed by atoms with Gasteiger partial charge in [0.2, 0.25) is 5.88 Å². The molecule has 1 aliphatic heterocycles. The number of nitrogens with zero attached hydrogens (tertiary/aromatic N) is 3. The smallest absolute Gasteiger partial charge is 0.478 e. The van der Waals surface area contributed by atoms with Crippen molar-refractivity contribution in [1.29, 1.82) is 0 Å². The maximum atomic E-state index is 14.7. The largest absolute Gasteiger partial charge is 0.586 e. The van der Waals surface area contributed by atoms with Crippen molar-refractivity contribution in [2.45, 2.75) is 50.8 Å². The third kappa shape index (κ3) is 5.56. The van der Waals surface area contributed by atoms with Gasteiger partial charge in [0, 0.05) is 35.1 Å². The third-order valence-corrected chi connectivity index (χ3v) is 7.23. The molecule has 0 unspecified atom stereocenters. The second-order valence-corrected chi connectivity index (χ2v) is 10.2. The summed E-state index contributed by atoms with van der Waals surface area (Å²) in [6.45, 7) is 1.43. The van der Waals surface area contributed by atoms with Gasteiger partial charge in [-0.25, -0.2) is 18.9 Å². The van der Waals surface area contributed by atoms with Crippen LogP contribution in [0.15, 0.2) is 54.7 Å². The highest BCUT2D eigenvalue weighted by Gasteiger charge is 2.44. The zero-order chi connectivity index (χ0) is 31.4. The van der Waals surface area contributed by atoms with Crippen molar-refractivity contribution in [3.8, 4) is 23.1 Å². The average Bonchev–Trinajstić information content (AvgIpc) is 3.50. The van der Waals surface area contributed by atoms with Crippen LogP contribution < -0.4 is 19.5 Å². The van der Waals surface area contributed by atoms with Gasteiger partial charge in [-0.1, -0.05) is 0 Å². The number of ether oxygens (including phenoxy) is 3. The van der Waals surface area contributed by atoms with Crippen LogP contribution in [0.1, 0.15) is 64.8 Å². The lowest BCUT2D eigenvalue weighted by Crippen LogP contribution is -2.25. The Kier molecular flexibility index (Phi) is 7.05. The maximum absolute atomic E-state index is 14.7. The number of rotatable bonds is 7. The topological polar surface area (TPSA) is 108 Å². The van der Waals surface area contributed by atoms with Crippen molar-refractivity contribution in [3.05, 3.63) is 88.6 Å². The number of pyridine rings is 1. The number of anilines is 1. The van der Waals surface area contributed by atoms with Crippen LogP contribution in [0.3, 0.4) is 0 Å². The molecule has 15 heteroatoms. The fraction of sp³-hybridized carbons (Fsp3) is 0.276. The van der Waals surface area contributed by atoms with Crippen LogP contribution in [0.2, 0.25) is 0 Å². The fourth-order valence-corrected chi connectivity index (χ4v) is 5.30. The first-order chi connectivity index (χ1) is 20.8. The summed E-state index contributed by atoms with van der Waals surface area (Å²) in [4.78, 5) is 15.3. The molecule has 4 aromatic rings. The number of nitrogens with one attached hydrogen (secondary N) is 1. The second-order valence-electron chi connectivity index (χ2n) is 10.2. The minimum Gasteiger partial charge on any atom is -0.478 e. The Bertz CT molecular complexity index is 1740. The Morgan fingerprint density at radius 2 is 1.84 bits per heavy atom. The first-order valence-electron chi connectivity index (χ1n) is 13.3. The second kappa shape index (κ2) is 10.6. The van der Waals surface area contributed by atoms with Crippen molar-refractivity contribution in [3.63, 3.8) is 0 Å². The highest BCUT2D eigenvalue weighted by molar-refractivity contribution is 5.88. The first kappa shape index (κ1) is 29.1. The molecule has 2 aliphatic rings. The molecule has 0 bridgehead atoms. The number of hydrogen-bond donors (Lipinski definition) is 2. The van der Waals surface area contributed by atoms with Gasteiger partial charge in [-0.15, -0.1) is 8.78 Å². The highest BCUT2D eigenvalue weighted by atomic mass is 19.4. The maximum Gasteiger partial charge on any atom is 0.586 e. The summed E-state index contributed by atoms with van der Waals surface area (Å²) in [6, 6.07) is 9.72. The lowest BCUT2D eigenvalue weighted by atomic mass is 9.91. The van der Waals surface area contributed by atoms with Crippen molar-refractivity contribution >= 4 is 11.7 Å². The van der Waals surface area contributed by atoms with Crippen molar-refractivity contribution in [1.82, 2.24) is 14.8 Å². The van der Waals surface area contributed by atoms with Crippen molar-refractivity contribution in [2.24, 2.45) is 0 Å². The molecule has 0 saturated carbocycles. The number of carbonyl (C=O) groups is 1. The molecule has 2 atom stereocenters. The summed E-state index contributed by atoms with van der Waals surface area (Å²) in [5, 5.41) is 16.3. The highest BCUT2D eigenvalue weighted by Crippen LogP contribution is 2.44. The van der Waals surface area contributed by atoms with Gasteiger partial charge in [0.1, 0.15) is 11.9 Å². The minimum atomic E-state index is -4.74. The van der Waals surface area contributed by atoms with E-state index in [1.54, 1.807) is 0 Å². The van der Waals surface area contributed by atoms with E-state index in [4.69, 9.17) is 9.84 Å². The van der Waals surface area contributed by atoms with Crippen LogP contribution in [-0.4, -0.2) is 32.1 Å². The Morgan fingerprint density at radius 1 is 1.14 bits per heavy atom. The predicted octanol–water partition coefficient (Wildman–Crippen LogP) is 7.07. The Labute approximate surface area is 245 Å². The van der Waals surface area contributed by atoms with E-state index < -0.39 is 47.8 Å². The molecule has 2 aromatic carbocycles. The SMILES string of the molecule is C[C@H](Oc1cc(-n2nc(C(F)(F)F)c3c2[C@@H](Nc2ccc(C(=O)O)cc2)CCC3)ccn1)c1cc2c(cc1F)OC(F)(F)O2. The van der Waals surface area contributed by atoms with Gasteiger partial charge in [0.25, 0.3) is 0 Å². The number of benzene rings is 2. The van der Waals surface area contributed by atoms with Gasteiger partial charge in [-0.3, -0.25) is 0 Å². The number of aromatic nitrogens is 3. The van der Waals surface area contributed by atoms with Crippen molar-refractivity contribution < 1.29 is 50.5 Å². The lowest BCUT2D eigenvalue weighted by molar-refractivity contribution is -0.286. The quantitative estimate of drug-likeness (QED) is 0.211. The Morgan fingerprint density at radius 3 is 2.52 bits per heavy atom. The fourth-order valence-electron chi connectivity index (χ4n) is 5.30. The lowest BCUT2D eigenvalue weighted by Gasteiger charge is -2.27. The Hall–Kier alpha value is -4.95. The van der Waals surface area contributed by atoms with Crippen molar-refractivity contribution in [2.75, 3.05) is 5.32 Å². The van der Waals surface area contributed by atoms with Gasteiger partial charge in [0.15, 0.2) is 17.2 Å². The minimum absolute atomic E-state index is 0.0234. The summed E-state index contributed by atoms with van der Waals surface area (Å²) >= 11 is 0. The summed E-state index contributed by atoms with van der Waals surface area (Å²) in [7, 11) is 0. The molecule has 230 valence electrons. The number of fused-ring (bicyclic) bond motifs is 2. The molecule has 6 rings (SSSR count). The van der Waals surface area contributed by atoms with E-state index in [2.05, 4.69) is 24.9 Å². The number of carboxylic acid groups (broad SMARTS) is 1. The van der Waals surface area contributed by atoms with E-state index in [1.807, 2.05) is 0 Å². The van der Waals surface area contributed by atoms with Gasteiger partial charge in [0.05, 0.1) is 23.0 Å². The summed E-state index contributed by atoms with van der Waals surface area (Å²) in [5.74, 6) is -2.98. The number of halogens is 6. The van der Waals surface area contributed by atoms with E-state index in [-0.39, 0.29) is 46.1 Å². The van der Waals surface area contributed by atoms with Crippen LogP contribution in [0.5, 0.6) is 17.4 Å². The molecule has 3 heterocycles. The van der Waals surface area contributed by atoms with Crippen LogP contribution in [0, 0.1) is 5.82 Å². The summed E-state index contributed by atoms with van der Waals surface area (Å²) in [5.41, 5.74) is -0.159. The molecule has 0 spiro atoms. The van der Waals surface area contributed by atoms with Gasteiger partial charge < -0.3 is 24.6 Å². The summed E-state index contributed by atoms with van der Waals surface area (Å²) in [6.07, 6.45) is -7.44. The molecule has 0 radical (unpaired) electrons. The van der Waals surface area contributed by atoms with Crippen LogP contribution in [0.4, 0.5) is 32.0 Å². The molecule has 0 fully saturated rings. The van der Waals surface area contributed by atoms with Gasteiger partial charge >= 0.3 is 18.4 Å². The van der Waals surface area contributed by atoms with E-state index in [1.165, 1.54) is 49.5 Å². The predicted molar refractivity (Wildman–Crippen MR) is 141 cm³/mol. The van der Waals surface area contributed by atoms with E-state index in [9.17, 15) is 31.1 Å². The van der Waals surface area contributed by atoms with Crippen LogP contribution in [0.25, 0.3) is 5.69 Å². The molecule has 9 nitrogen and oxygen atoms in total.